The normalized spacial score (nSPS) is 11.7. The third-order valence-corrected chi connectivity index (χ3v) is 3.27. The average molecular weight is 263 g/mol. The lowest BCUT2D eigenvalue weighted by Gasteiger charge is -2.23. The largest absolute Gasteiger partial charge is 0.399 e. The van der Waals surface area contributed by atoms with Crippen LogP contribution in [0.15, 0.2) is 18.3 Å². The molecule has 0 spiro atoms. The van der Waals surface area contributed by atoms with Crippen molar-refractivity contribution in [1.29, 1.82) is 0 Å². The van der Waals surface area contributed by atoms with E-state index in [-0.39, 0.29) is 0 Å². The molecule has 1 aromatic rings. The summed E-state index contributed by atoms with van der Waals surface area (Å²) in [7, 11) is 0. The summed E-state index contributed by atoms with van der Waals surface area (Å²) in [4.78, 5) is 6.91. The van der Waals surface area contributed by atoms with Crippen molar-refractivity contribution in [1.82, 2.24) is 9.88 Å². The van der Waals surface area contributed by atoms with Crippen LogP contribution in [0.4, 0.5) is 5.69 Å². The van der Waals surface area contributed by atoms with Gasteiger partial charge in [0, 0.05) is 18.4 Å². The number of aromatic nitrogens is 1. The molecule has 0 bridgehead atoms. The van der Waals surface area contributed by atoms with Crippen LogP contribution in [0.5, 0.6) is 0 Å². The summed E-state index contributed by atoms with van der Waals surface area (Å²) in [6.45, 7) is 12.3. The minimum atomic E-state index is 0.746. The lowest BCUT2D eigenvalue weighted by molar-refractivity contribution is 0.233. The molecule has 1 rings (SSSR count). The quantitative estimate of drug-likeness (QED) is 0.780. The van der Waals surface area contributed by atoms with E-state index in [2.05, 4.69) is 37.6 Å². The van der Waals surface area contributed by atoms with Crippen molar-refractivity contribution in [2.24, 2.45) is 11.8 Å². The SMILES string of the molecule is CC(C)CCN(CCC(C)C)Cc1cc(N)ccn1. The zero-order chi connectivity index (χ0) is 14.3. The maximum atomic E-state index is 5.82. The van der Waals surface area contributed by atoms with E-state index in [1.807, 2.05) is 12.1 Å². The molecule has 0 amide bonds. The lowest BCUT2D eigenvalue weighted by Crippen LogP contribution is -2.27. The van der Waals surface area contributed by atoms with Gasteiger partial charge in [-0.15, -0.1) is 0 Å². The molecule has 0 aliphatic carbocycles. The molecular weight excluding hydrogens is 234 g/mol. The van der Waals surface area contributed by atoms with Gasteiger partial charge in [0.1, 0.15) is 0 Å². The van der Waals surface area contributed by atoms with Gasteiger partial charge in [-0.1, -0.05) is 27.7 Å². The molecule has 0 radical (unpaired) electrons. The molecule has 19 heavy (non-hydrogen) atoms. The number of anilines is 1. The molecule has 0 saturated heterocycles. The molecule has 3 heteroatoms. The second-order valence-corrected chi connectivity index (χ2v) is 6.22. The topological polar surface area (TPSA) is 42.1 Å². The number of hydrogen-bond donors (Lipinski definition) is 1. The van der Waals surface area contributed by atoms with Crippen molar-refractivity contribution < 1.29 is 0 Å². The fourth-order valence-corrected chi connectivity index (χ4v) is 1.96. The fraction of sp³-hybridized carbons (Fsp3) is 0.688. The molecule has 1 aromatic heterocycles. The zero-order valence-corrected chi connectivity index (χ0v) is 12.9. The van der Waals surface area contributed by atoms with Gasteiger partial charge in [0.2, 0.25) is 0 Å². The van der Waals surface area contributed by atoms with Crippen molar-refractivity contribution in [2.75, 3.05) is 18.8 Å². The summed E-state index contributed by atoms with van der Waals surface area (Å²) in [5.41, 5.74) is 7.70. The van der Waals surface area contributed by atoms with E-state index < -0.39 is 0 Å². The first-order valence-corrected chi connectivity index (χ1v) is 7.40. The van der Waals surface area contributed by atoms with Gasteiger partial charge in [-0.3, -0.25) is 9.88 Å². The highest BCUT2D eigenvalue weighted by Crippen LogP contribution is 2.11. The minimum absolute atomic E-state index is 0.746. The van der Waals surface area contributed by atoms with Gasteiger partial charge in [-0.25, -0.2) is 0 Å². The molecular formula is C16H29N3. The average Bonchev–Trinajstić information content (AvgIpc) is 2.32. The van der Waals surface area contributed by atoms with Crippen LogP contribution in [0.25, 0.3) is 0 Å². The standard InChI is InChI=1S/C16H29N3/c1-13(2)6-9-19(10-7-14(3)4)12-16-11-15(17)5-8-18-16/h5,8,11,13-14H,6-7,9-10,12H2,1-4H3,(H2,17,18). The van der Waals surface area contributed by atoms with Crippen molar-refractivity contribution >= 4 is 5.69 Å². The highest BCUT2D eigenvalue weighted by molar-refractivity contribution is 5.37. The predicted molar refractivity (Wildman–Crippen MR) is 82.8 cm³/mol. The first kappa shape index (κ1) is 16.0. The van der Waals surface area contributed by atoms with E-state index in [1.54, 1.807) is 6.20 Å². The van der Waals surface area contributed by atoms with Gasteiger partial charge < -0.3 is 5.73 Å². The second-order valence-electron chi connectivity index (χ2n) is 6.22. The van der Waals surface area contributed by atoms with Crippen LogP contribution in [0.1, 0.15) is 46.2 Å². The maximum absolute atomic E-state index is 5.82. The van der Waals surface area contributed by atoms with E-state index in [0.717, 1.165) is 42.9 Å². The second kappa shape index (κ2) is 8.16. The van der Waals surface area contributed by atoms with Crippen LogP contribution in [0.3, 0.4) is 0 Å². The third-order valence-electron chi connectivity index (χ3n) is 3.27. The van der Waals surface area contributed by atoms with Crippen molar-refractivity contribution in [3.05, 3.63) is 24.0 Å². The Kier molecular flexibility index (Phi) is 6.85. The molecule has 0 aliphatic heterocycles. The molecule has 0 atom stereocenters. The number of hydrogen-bond acceptors (Lipinski definition) is 3. The monoisotopic (exact) mass is 263 g/mol. The molecule has 1 heterocycles. The Labute approximate surface area is 118 Å². The number of rotatable bonds is 8. The van der Waals surface area contributed by atoms with Gasteiger partial charge in [0.05, 0.1) is 5.69 Å². The van der Waals surface area contributed by atoms with Gasteiger partial charge in [0.15, 0.2) is 0 Å². The highest BCUT2D eigenvalue weighted by atomic mass is 15.1. The van der Waals surface area contributed by atoms with Crippen LogP contribution < -0.4 is 5.73 Å². The van der Waals surface area contributed by atoms with Crippen LogP contribution in [-0.2, 0) is 6.54 Å². The maximum Gasteiger partial charge on any atom is 0.0564 e. The molecule has 0 aliphatic rings. The summed E-state index contributed by atoms with van der Waals surface area (Å²) in [5, 5.41) is 0. The highest BCUT2D eigenvalue weighted by Gasteiger charge is 2.09. The number of nitrogens with two attached hydrogens (primary N) is 1. The van der Waals surface area contributed by atoms with Crippen molar-refractivity contribution in [3.63, 3.8) is 0 Å². The van der Waals surface area contributed by atoms with Gasteiger partial charge in [0.25, 0.3) is 0 Å². The van der Waals surface area contributed by atoms with Crippen LogP contribution in [0, 0.1) is 11.8 Å². The van der Waals surface area contributed by atoms with Crippen LogP contribution in [0.2, 0.25) is 0 Å². The van der Waals surface area contributed by atoms with Gasteiger partial charge >= 0.3 is 0 Å². The molecule has 108 valence electrons. The summed E-state index contributed by atoms with van der Waals surface area (Å²) < 4.78 is 0. The Bertz CT molecular complexity index is 349. The smallest absolute Gasteiger partial charge is 0.0564 e. The van der Waals surface area contributed by atoms with Crippen LogP contribution in [-0.4, -0.2) is 23.0 Å². The fourth-order valence-electron chi connectivity index (χ4n) is 1.96. The molecule has 2 N–H and O–H groups in total. The van der Waals surface area contributed by atoms with Crippen LogP contribution >= 0.6 is 0 Å². The van der Waals surface area contributed by atoms with Gasteiger partial charge in [-0.2, -0.15) is 0 Å². The number of nitrogen functional groups attached to an aromatic ring is 1. The Balaban J connectivity index is 2.56. The first-order valence-electron chi connectivity index (χ1n) is 7.40. The Morgan fingerprint density at radius 3 is 2.16 bits per heavy atom. The third kappa shape index (κ3) is 7.16. The summed E-state index contributed by atoms with van der Waals surface area (Å²) in [6.07, 6.45) is 4.27. The van der Waals surface area contributed by atoms with E-state index >= 15 is 0 Å². The molecule has 0 fully saturated rings. The Morgan fingerprint density at radius 2 is 1.68 bits per heavy atom. The van der Waals surface area contributed by atoms with E-state index in [4.69, 9.17) is 5.73 Å². The molecule has 0 saturated carbocycles. The number of nitrogens with zero attached hydrogens (tertiary/aromatic N) is 2. The summed E-state index contributed by atoms with van der Waals surface area (Å²) in [6, 6.07) is 3.83. The van der Waals surface area contributed by atoms with Gasteiger partial charge in [-0.05, 0) is 49.9 Å². The van der Waals surface area contributed by atoms with E-state index in [9.17, 15) is 0 Å². The molecule has 0 aromatic carbocycles. The summed E-state index contributed by atoms with van der Waals surface area (Å²) >= 11 is 0. The first-order chi connectivity index (χ1) is 8.97. The predicted octanol–water partition coefficient (Wildman–Crippen LogP) is 3.56. The zero-order valence-electron chi connectivity index (χ0n) is 12.9. The van der Waals surface area contributed by atoms with E-state index in [0.29, 0.717) is 0 Å². The lowest BCUT2D eigenvalue weighted by atomic mass is 10.1. The van der Waals surface area contributed by atoms with Crippen molar-refractivity contribution in [3.8, 4) is 0 Å². The van der Waals surface area contributed by atoms with E-state index in [1.165, 1.54) is 12.8 Å². The Hall–Kier alpha value is -1.09. The molecule has 0 unspecified atom stereocenters. The molecule has 3 nitrogen and oxygen atoms in total. The Morgan fingerprint density at radius 1 is 1.11 bits per heavy atom. The number of pyridine rings is 1. The minimum Gasteiger partial charge on any atom is -0.399 e. The summed E-state index contributed by atoms with van der Waals surface area (Å²) in [5.74, 6) is 1.49. The van der Waals surface area contributed by atoms with Crippen molar-refractivity contribution in [2.45, 2.75) is 47.1 Å².